The van der Waals surface area contributed by atoms with E-state index in [1.54, 1.807) is 0 Å². The van der Waals surface area contributed by atoms with Gasteiger partial charge in [0.05, 0.1) is 0 Å². The first-order valence-corrected chi connectivity index (χ1v) is 12.1. The lowest BCUT2D eigenvalue weighted by Gasteiger charge is -2.19. The average Bonchev–Trinajstić information content (AvgIpc) is 3.22. The minimum absolute atomic E-state index is 0.790. The van der Waals surface area contributed by atoms with Crippen LogP contribution in [-0.2, 0) is 13.0 Å². The zero-order valence-corrected chi connectivity index (χ0v) is 20.1. The topological polar surface area (TPSA) is 12.0 Å². The quantitative estimate of drug-likeness (QED) is 0.290. The molecule has 0 heterocycles. The third-order valence-corrected chi connectivity index (χ3v) is 7.30. The van der Waals surface area contributed by atoms with Crippen LogP contribution < -0.4 is 5.32 Å². The monoisotopic (exact) mass is 439 g/mol. The van der Waals surface area contributed by atoms with Gasteiger partial charge in [-0.1, -0.05) is 96.6 Å². The molecule has 1 heteroatoms. The number of hydrogen-bond donors (Lipinski definition) is 1. The molecule has 0 saturated carbocycles. The van der Waals surface area contributed by atoms with Crippen LogP contribution in [0.3, 0.4) is 0 Å². The third-order valence-electron chi connectivity index (χ3n) is 7.30. The standard InChI is InChI=1S/C33H29N/c1-21-17-22(2)33(23(3)18-21)34-20-32-26-11-6-4-9-24(26)15-16-30(32)29-14-8-13-28-27-12-7-5-10-25(27)19-31(28)29/h4-18,34H,19-20H2,1-3H3. The third kappa shape index (κ3) is 3.40. The first-order valence-electron chi connectivity index (χ1n) is 12.1. The molecular formula is C33H29N. The van der Waals surface area contributed by atoms with Crippen molar-refractivity contribution < 1.29 is 0 Å². The van der Waals surface area contributed by atoms with Gasteiger partial charge in [-0.15, -0.1) is 0 Å². The maximum absolute atomic E-state index is 3.81. The molecule has 1 nitrogen and oxygen atoms in total. The summed E-state index contributed by atoms with van der Waals surface area (Å²) in [6, 6.07) is 33.5. The van der Waals surface area contributed by atoms with Crippen molar-refractivity contribution in [3.8, 4) is 22.3 Å². The van der Waals surface area contributed by atoms with Crippen LogP contribution >= 0.6 is 0 Å². The van der Waals surface area contributed by atoms with Gasteiger partial charge < -0.3 is 5.32 Å². The average molecular weight is 440 g/mol. The summed E-state index contributed by atoms with van der Waals surface area (Å²) in [4.78, 5) is 0. The van der Waals surface area contributed by atoms with Crippen molar-refractivity contribution in [1.82, 2.24) is 0 Å². The molecule has 5 aromatic rings. The molecule has 1 aliphatic carbocycles. The number of aryl methyl sites for hydroxylation is 3. The highest BCUT2D eigenvalue weighted by atomic mass is 14.9. The molecule has 6 rings (SSSR count). The summed E-state index contributed by atoms with van der Waals surface area (Å²) in [6.45, 7) is 7.36. The molecule has 1 N–H and O–H groups in total. The van der Waals surface area contributed by atoms with Crippen LogP contribution in [0.4, 0.5) is 5.69 Å². The van der Waals surface area contributed by atoms with Crippen molar-refractivity contribution >= 4 is 16.5 Å². The van der Waals surface area contributed by atoms with E-state index in [1.807, 2.05) is 0 Å². The Morgan fingerprint density at radius 2 is 1.32 bits per heavy atom. The molecule has 0 unspecified atom stereocenters. The Balaban J connectivity index is 1.50. The second kappa shape index (κ2) is 8.18. The smallest absolute Gasteiger partial charge is 0.0413 e. The van der Waals surface area contributed by atoms with Crippen LogP contribution in [-0.4, -0.2) is 0 Å². The van der Waals surface area contributed by atoms with Crippen molar-refractivity contribution in [2.75, 3.05) is 5.32 Å². The molecule has 1 aliphatic rings. The predicted octanol–water partition coefficient (Wildman–Crippen LogP) is 8.62. The van der Waals surface area contributed by atoms with Gasteiger partial charge in [-0.25, -0.2) is 0 Å². The molecule has 0 spiro atoms. The molecule has 5 aromatic carbocycles. The lowest BCUT2D eigenvalue weighted by molar-refractivity contribution is 1.14. The van der Waals surface area contributed by atoms with E-state index in [0.717, 1.165) is 13.0 Å². The SMILES string of the molecule is Cc1cc(C)c(NCc2c(-c3cccc4c3Cc3ccccc3-4)ccc3ccccc23)c(C)c1. The fraction of sp³-hybridized carbons (Fsp3) is 0.152. The molecular weight excluding hydrogens is 410 g/mol. The highest BCUT2D eigenvalue weighted by molar-refractivity contribution is 5.94. The number of fused-ring (bicyclic) bond motifs is 4. The number of hydrogen-bond acceptors (Lipinski definition) is 1. The Kier molecular flexibility index (Phi) is 4.99. The van der Waals surface area contributed by atoms with Gasteiger partial charge in [-0.3, -0.25) is 0 Å². The summed E-state index contributed by atoms with van der Waals surface area (Å²) >= 11 is 0. The normalized spacial score (nSPS) is 12.0. The van der Waals surface area contributed by atoms with E-state index in [2.05, 4.69) is 117 Å². The first kappa shape index (κ1) is 20.7. The molecule has 166 valence electrons. The van der Waals surface area contributed by atoms with E-state index in [9.17, 15) is 0 Å². The van der Waals surface area contributed by atoms with Crippen LogP contribution in [0.5, 0.6) is 0 Å². The highest BCUT2D eigenvalue weighted by Gasteiger charge is 2.22. The van der Waals surface area contributed by atoms with Crippen molar-refractivity contribution in [2.45, 2.75) is 33.7 Å². The van der Waals surface area contributed by atoms with Gasteiger partial charge in [0.1, 0.15) is 0 Å². The number of anilines is 1. The maximum Gasteiger partial charge on any atom is 0.0413 e. The zero-order chi connectivity index (χ0) is 23.2. The van der Waals surface area contributed by atoms with Crippen LogP contribution in [0.2, 0.25) is 0 Å². The van der Waals surface area contributed by atoms with Crippen LogP contribution in [0.25, 0.3) is 33.0 Å². The van der Waals surface area contributed by atoms with E-state index in [4.69, 9.17) is 0 Å². The van der Waals surface area contributed by atoms with Gasteiger partial charge >= 0.3 is 0 Å². The number of nitrogens with one attached hydrogen (secondary N) is 1. The molecule has 0 amide bonds. The minimum Gasteiger partial charge on any atom is -0.380 e. The van der Waals surface area contributed by atoms with E-state index < -0.39 is 0 Å². The van der Waals surface area contributed by atoms with Crippen molar-refractivity contribution in [1.29, 1.82) is 0 Å². The van der Waals surface area contributed by atoms with Crippen LogP contribution in [0.15, 0.2) is 91.0 Å². The summed E-state index contributed by atoms with van der Waals surface area (Å²) in [5, 5.41) is 6.42. The van der Waals surface area contributed by atoms with E-state index in [-0.39, 0.29) is 0 Å². The predicted molar refractivity (Wildman–Crippen MR) is 146 cm³/mol. The maximum atomic E-state index is 3.81. The Hall–Kier alpha value is -3.84. The molecule has 0 atom stereocenters. The molecule has 0 saturated heterocycles. The largest absolute Gasteiger partial charge is 0.380 e. The van der Waals surface area contributed by atoms with Crippen LogP contribution in [0, 0.1) is 20.8 Å². The molecule has 0 aromatic heterocycles. The number of rotatable bonds is 4. The van der Waals surface area contributed by atoms with E-state index >= 15 is 0 Å². The second-order valence-corrected chi connectivity index (χ2v) is 9.61. The van der Waals surface area contributed by atoms with Crippen molar-refractivity contribution in [3.05, 3.63) is 124 Å². The molecule has 0 aliphatic heterocycles. The molecule has 0 bridgehead atoms. The summed E-state index contributed by atoms with van der Waals surface area (Å²) in [7, 11) is 0. The van der Waals surface area contributed by atoms with Gasteiger partial charge in [0.2, 0.25) is 0 Å². The van der Waals surface area contributed by atoms with E-state index in [1.165, 1.54) is 72.1 Å². The minimum atomic E-state index is 0.790. The van der Waals surface area contributed by atoms with Gasteiger partial charge in [0, 0.05) is 12.2 Å². The Morgan fingerprint density at radius 1 is 0.647 bits per heavy atom. The highest BCUT2D eigenvalue weighted by Crippen LogP contribution is 2.43. The van der Waals surface area contributed by atoms with Gasteiger partial charge in [-0.05, 0) is 88.0 Å². The van der Waals surface area contributed by atoms with Gasteiger partial charge in [0.15, 0.2) is 0 Å². The fourth-order valence-corrected chi connectivity index (χ4v) is 5.82. The Labute approximate surface area is 202 Å². The first-order chi connectivity index (χ1) is 16.6. The fourth-order valence-electron chi connectivity index (χ4n) is 5.82. The summed E-state index contributed by atoms with van der Waals surface area (Å²) in [6.07, 6.45) is 0.998. The second-order valence-electron chi connectivity index (χ2n) is 9.61. The van der Waals surface area contributed by atoms with Crippen LogP contribution in [0.1, 0.15) is 33.4 Å². The number of benzene rings is 5. The van der Waals surface area contributed by atoms with Crippen molar-refractivity contribution in [3.63, 3.8) is 0 Å². The molecule has 0 fully saturated rings. The zero-order valence-electron chi connectivity index (χ0n) is 20.1. The van der Waals surface area contributed by atoms with E-state index in [0.29, 0.717) is 0 Å². The van der Waals surface area contributed by atoms with Gasteiger partial charge in [0.25, 0.3) is 0 Å². The van der Waals surface area contributed by atoms with Crippen molar-refractivity contribution in [2.24, 2.45) is 0 Å². The Morgan fingerprint density at radius 3 is 2.15 bits per heavy atom. The summed E-state index contributed by atoms with van der Waals surface area (Å²) in [5.74, 6) is 0. The summed E-state index contributed by atoms with van der Waals surface area (Å²) in [5.41, 5.74) is 14.8. The lowest BCUT2D eigenvalue weighted by Crippen LogP contribution is -2.06. The molecule has 34 heavy (non-hydrogen) atoms. The summed E-state index contributed by atoms with van der Waals surface area (Å²) < 4.78 is 0. The molecule has 0 radical (unpaired) electrons. The lowest BCUT2D eigenvalue weighted by atomic mass is 9.89. The van der Waals surface area contributed by atoms with Gasteiger partial charge in [-0.2, -0.15) is 0 Å². The Bertz CT molecular complexity index is 1530.